The Morgan fingerprint density at radius 3 is 2.41 bits per heavy atom. The van der Waals surface area contributed by atoms with Crippen LogP contribution in [0.15, 0.2) is 48.6 Å². The molecule has 0 aliphatic heterocycles. The zero-order chi connectivity index (χ0) is 20.0. The van der Waals surface area contributed by atoms with Crippen molar-refractivity contribution < 1.29 is 32.6 Å². The van der Waals surface area contributed by atoms with Crippen LogP contribution >= 0.6 is 0 Å². The van der Waals surface area contributed by atoms with E-state index in [4.69, 9.17) is 14.2 Å². The lowest BCUT2D eigenvalue weighted by atomic mass is 10.0. The summed E-state index contributed by atoms with van der Waals surface area (Å²) in [5.74, 6) is -2.55. The molecule has 2 rings (SSSR count). The average Bonchev–Trinajstić information content (AvgIpc) is 2.61. The summed E-state index contributed by atoms with van der Waals surface area (Å²) in [5.41, 5.74) is 0.679. The molecule has 0 spiro atoms. The lowest BCUT2D eigenvalue weighted by Gasteiger charge is -2.09. The molecule has 5 nitrogen and oxygen atoms in total. The maximum absolute atomic E-state index is 14.3. The molecular weight excluding hydrogens is 358 g/mol. The highest BCUT2D eigenvalue weighted by Gasteiger charge is 2.13. The zero-order valence-corrected chi connectivity index (χ0v) is 14.9. The van der Waals surface area contributed by atoms with Crippen LogP contribution in [0.2, 0.25) is 0 Å². The summed E-state index contributed by atoms with van der Waals surface area (Å²) in [6.07, 6.45) is -0.188. The molecule has 2 aromatic rings. The number of methoxy groups -OCH3 is 1. The number of carbonyl (C=O) groups excluding carboxylic acids is 2. The Morgan fingerprint density at radius 1 is 1.07 bits per heavy atom. The van der Waals surface area contributed by atoms with Crippen LogP contribution in [0.4, 0.5) is 8.78 Å². The van der Waals surface area contributed by atoms with Crippen molar-refractivity contribution in [3.05, 3.63) is 60.2 Å². The van der Waals surface area contributed by atoms with Gasteiger partial charge >= 0.3 is 11.9 Å². The number of rotatable bonds is 7. The maximum atomic E-state index is 14.3. The summed E-state index contributed by atoms with van der Waals surface area (Å²) < 4.78 is 42.7. The second-order valence-corrected chi connectivity index (χ2v) is 5.63. The topological polar surface area (TPSA) is 61.8 Å². The van der Waals surface area contributed by atoms with E-state index in [1.807, 2.05) is 0 Å². The molecular formula is C20H18F2O5. The highest BCUT2D eigenvalue weighted by Crippen LogP contribution is 2.29. The van der Waals surface area contributed by atoms with Gasteiger partial charge in [0.1, 0.15) is 18.2 Å². The van der Waals surface area contributed by atoms with E-state index < -0.39 is 23.6 Å². The van der Waals surface area contributed by atoms with Gasteiger partial charge in [0, 0.05) is 17.2 Å². The molecule has 2 aromatic carbocycles. The minimum atomic E-state index is -0.688. The SMILES string of the molecule is C=C(C)C(=O)OCCC(=O)Oc1ccc(-c2ccc(OC)c(F)c2)c(F)c1. The molecule has 0 atom stereocenters. The second kappa shape index (κ2) is 8.93. The van der Waals surface area contributed by atoms with E-state index >= 15 is 0 Å². The Balaban J connectivity index is 2.02. The molecule has 0 saturated carbocycles. The summed E-state index contributed by atoms with van der Waals surface area (Å²) in [5, 5.41) is 0. The Bertz CT molecular complexity index is 877. The fourth-order valence-electron chi connectivity index (χ4n) is 2.16. The van der Waals surface area contributed by atoms with Gasteiger partial charge in [-0.3, -0.25) is 4.79 Å². The Labute approximate surface area is 155 Å². The normalized spacial score (nSPS) is 10.2. The number of carbonyl (C=O) groups is 2. The fourth-order valence-corrected chi connectivity index (χ4v) is 2.16. The van der Waals surface area contributed by atoms with E-state index in [0.29, 0.717) is 5.56 Å². The first-order valence-electron chi connectivity index (χ1n) is 7.98. The maximum Gasteiger partial charge on any atom is 0.333 e. The molecule has 0 aliphatic carbocycles. The number of hydrogen-bond donors (Lipinski definition) is 0. The molecule has 0 aromatic heterocycles. The van der Waals surface area contributed by atoms with Crippen molar-refractivity contribution in [1.82, 2.24) is 0 Å². The predicted molar refractivity (Wildman–Crippen MR) is 94.4 cm³/mol. The van der Waals surface area contributed by atoms with Gasteiger partial charge in [-0.1, -0.05) is 12.6 Å². The highest BCUT2D eigenvalue weighted by atomic mass is 19.1. The monoisotopic (exact) mass is 376 g/mol. The minimum absolute atomic E-state index is 0.0125. The number of esters is 2. The minimum Gasteiger partial charge on any atom is -0.494 e. The lowest BCUT2D eigenvalue weighted by molar-refractivity contribution is -0.142. The molecule has 7 heteroatoms. The van der Waals surface area contributed by atoms with Crippen molar-refractivity contribution in [3.8, 4) is 22.6 Å². The summed E-state index contributed by atoms with van der Waals surface area (Å²) in [6.45, 7) is 4.73. The van der Waals surface area contributed by atoms with Gasteiger partial charge in [0.15, 0.2) is 11.6 Å². The summed E-state index contributed by atoms with van der Waals surface area (Å²) in [7, 11) is 1.33. The van der Waals surface area contributed by atoms with Gasteiger partial charge < -0.3 is 14.2 Å². The van der Waals surface area contributed by atoms with E-state index in [1.54, 1.807) is 0 Å². The van der Waals surface area contributed by atoms with Crippen LogP contribution < -0.4 is 9.47 Å². The second-order valence-electron chi connectivity index (χ2n) is 5.63. The molecule has 142 valence electrons. The Hall–Kier alpha value is -3.22. The molecule has 0 radical (unpaired) electrons. The zero-order valence-electron chi connectivity index (χ0n) is 14.9. The summed E-state index contributed by atoms with van der Waals surface area (Å²) >= 11 is 0. The van der Waals surface area contributed by atoms with Crippen LogP contribution in [0.1, 0.15) is 13.3 Å². The molecule has 0 amide bonds. The molecule has 0 N–H and O–H groups in total. The first-order chi connectivity index (χ1) is 12.8. The summed E-state index contributed by atoms with van der Waals surface area (Å²) in [4.78, 5) is 22.9. The van der Waals surface area contributed by atoms with Crippen LogP contribution in [0, 0.1) is 11.6 Å². The molecule has 27 heavy (non-hydrogen) atoms. The van der Waals surface area contributed by atoms with Gasteiger partial charge in [0.2, 0.25) is 0 Å². The third kappa shape index (κ3) is 5.37. The van der Waals surface area contributed by atoms with Crippen LogP contribution in [-0.2, 0) is 14.3 Å². The van der Waals surface area contributed by atoms with Gasteiger partial charge in [0.25, 0.3) is 0 Å². The van der Waals surface area contributed by atoms with Gasteiger partial charge in [0.05, 0.1) is 13.5 Å². The van der Waals surface area contributed by atoms with Crippen molar-refractivity contribution in [1.29, 1.82) is 0 Å². The third-order valence-electron chi connectivity index (χ3n) is 3.52. The van der Waals surface area contributed by atoms with Gasteiger partial charge in [-0.25, -0.2) is 13.6 Å². The Kier molecular flexibility index (Phi) is 6.65. The van der Waals surface area contributed by atoms with E-state index in [9.17, 15) is 18.4 Å². The molecule has 0 heterocycles. The van der Waals surface area contributed by atoms with E-state index in [0.717, 1.165) is 12.1 Å². The molecule has 0 unspecified atom stereocenters. The third-order valence-corrected chi connectivity index (χ3v) is 3.52. The first-order valence-corrected chi connectivity index (χ1v) is 7.98. The van der Waals surface area contributed by atoms with Gasteiger partial charge in [-0.2, -0.15) is 0 Å². The quantitative estimate of drug-likeness (QED) is 0.414. The van der Waals surface area contributed by atoms with Crippen LogP contribution in [0.25, 0.3) is 11.1 Å². The fraction of sp³-hybridized carbons (Fsp3) is 0.200. The van der Waals surface area contributed by atoms with Crippen molar-refractivity contribution in [3.63, 3.8) is 0 Å². The highest BCUT2D eigenvalue weighted by molar-refractivity contribution is 5.87. The summed E-state index contributed by atoms with van der Waals surface area (Å²) in [6, 6.07) is 7.85. The first kappa shape index (κ1) is 20.1. The predicted octanol–water partition coefficient (Wildman–Crippen LogP) is 4.06. The molecule has 0 aliphatic rings. The number of ether oxygens (including phenoxy) is 3. The smallest absolute Gasteiger partial charge is 0.333 e. The van der Waals surface area contributed by atoms with Crippen molar-refractivity contribution in [2.24, 2.45) is 0 Å². The van der Waals surface area contributed by atoms with E-state index in [1.165, 1.54) is 38.3 Å². The molecule has 0 bridgehead atoms. The number of hydrogen-bond acceptors (Lipinski definition) is 5. The van der Waals surface area contributed by atoms with Gasteiger partial charge in [-0.15, -0.1) is 0 Å². The molecule has 0 fully saturated rings. The van der Waals surface area contributed by atoms with E-state index in [-0.39, 0.29) is 35.7 Å². The van der Waals surface area contributed by atoms with Crippen LogP contribution in [0.5, 0.6) is 11.5 Å². The standard InChI is InChI=1S/C20H18F2O5/c1-12(2)20(24)26-9-8-19(23)27-14-5-6-15(16(21)11-14)13-4-7-18(25-3)17(22)10-13/h4-7,10-11H,1,8-9H2,2-3H3. The van der Waals surface area contributed by atoms with Crippen LogP contribution in [0.3, 0.4) is 0 Å². The lowest BCUT2D eigenvalue weighted by Crippen LogP contribution is -2.14. The van der Waals surface area contributed by atoms with Crippen LogP contribution in [-0.4, -0.2) is 25.7 Å². The van der Waals surface area contributed by atoms with Crippen molar-refractivity contribution >= 4 is 11.9 Å². The van der Waals surface area contributed by atoms with E-state index in [2.05, 4.69) is 6.58 Å². The average molecular weight is 376 g/mol. The largest absolute Gasteiger partial charge is 0.494 e. The van der Waals surface area contributed by atoms with Gasteiger partial charge in [-0.05, 0) is 36.8 Å². The number of halogens is 2. The van der Waals surface area contributed by atoms with Crippen molar-refractivity contribution in [2.45, 2.75) is 13.3 Å². The number of benzene rings is 2. The Morgan fingerprint density at radius 2 is 1.81 bits per heavy atom. The molecule has 0 saturated heterocycles. The van der Waals surface area contributed by atoms with Crippen molar-refractivity contribution in [2.75, 3.05) is 13.7 Å².